The number of aromatic hydroxyl groups is 1. The average molecular weight is 209 g/mol. The fourth-order valence-electron chi connectivity index (χ4n) is 1.37. The summed E-state index contributed by atoms with van der Waals surface area (Å²) in [6, 6.07) is 5.52. The third kappa shape index (κ3) is 3.90. The van der Waals surface area contributed by atoms with Gasteiger partial charge in [-0.25, -0.2) is 0 Å². The highest BCUT2D eigenvalue weighted by atomic mass is 16.3. The summed E-state index contributed by atoms with van der Waals surface area (Å²) in [7, 11) is 0. The average Bonchev–Trinajstić information content (AvgIpc) is 2.23. The number of rotatable bonds is 5. The number of hydrogen-bond acceptors (Lipinski definition) is 3. The van der Waals surface area contributed by atoms with Crippen molar-refractivity contribution in [3.8, 4) is 5.75 Å². The Bertz CT molecular complexity index is 312. The van der Waals surface area contributed by atoms with Crippen LogP contribution in [0.15, 0.2) is 18.2 Å². The van der Waals surface area contributed by atoms with Crippen molar-refractivity contribution in [2.24, 2.45) is 0 Å². The predicted molar refractivity (Wildman–Crippen MR) is 60.8 cm³/mol. The molecule has 0 radical (unpaired) electrons. The van der Waals surface area contributed by atoms with Gasteiger partial charge < -0.3 is 15.5 Å². The number of aliphatic hydroxyl groups is 1. The Morgan fingerprint density at radius 1 is 1.40 bits per heavy atom. The summed E-state index contributed by atoms with van der Waals surface area (Å²) in [6.45, 7) is 5.08. The van der Waals surface area contributed by atoms with Gasteiger partial charge in [0, 0.05) is 18.7 Å². The first-order valence-electron chi connectivity index (χ1n) is 5.30. The van der Waals surface area contributed by atoms with Crippen LogP contribution in [0.5, 0.6) is 5.75 Å². The van der Waals surface area contributed by atoms with Crippen molar-refractivity contribution in [2.75, 3.05) is 6.54 Å². The van der Waals surface area contributed by atoms with Crippen molar-refractivity contribution < 1.29 is 10.2 Å². The molecule has 0 spiro atoms. The molecule has 0 amide bonds. The van der Waals surface area contributed by atoms with Crippen LogP contribution in [-0.2, 0) is 6.54 Å². The van der Waals surface area contributed by atoms with Gasteiger partial charge in [0.1, 0.15) is 5.75 Å². The molecule has 0 aromatic heterocycles. The van der Waals surface area contributed by atoms with E-state index in [0.717, 1.165) is 17.5 Å². The molecular weight excluding hydrogens is 190 g/mol. The van der Waals surface area contributed by atoms with Crippen molar-refractivity contribution in [1.29, 1.82) is 0 Å². The van der Waals surface area contributed by atoms with E-state index in [1.807, 2.05) is 26.0 Å². The molecule has 1 atom stereocenters. The smallest absolute Gasteiger partial charge is 0.120 e. The number of benzene rings is 1. The third-order valence-electron chi connectivity index (χ3n) is 2.40. The van der Waals surface area contributed by atoms with Crippen LogP contribution in [0, 0.1) is 6.92 Å². The normalized spacial score (nSPS) is 12.7. The van der Waals surface area contributed by atoms with Gasteiger partial charge in [-0.15, -0.1) is 0 Å². The van der Waals surface area contributed by atoms with Gasteiger partial charge in [-0.3, -0.25) is 0 Å². The van der Waals surface area contributed by atoms with Gasteiger partial charge in [0.05, 0.1) is 6.10 Å². The Hall–Kier alpha value is -1.06. The molecule has 3 N–H and O–H groups in total. The molecule has 0 saturated carbocycles. The number of hydrogen-bond donors (Lipinski definition) is 3. The molecule has 0 aliphatic rings. The molecule has 1 aromatic rings. The Morgan fingerprint density at radius 3 is 2.80 bits per heavy atom. The van der Waals surface area contributed by atoms with E-state index in [1.54, 1.807) is 6.07 Å². The molecule has 0 fully saturated rings. The lowest BCUT2D eigenvalue weighted by atomic mass is 10.1. The van der Waals surface area contributed by atoms with Crippen LogP contribution in [0.1, 0.15) is 24.5 Å². The highest BCUT2D eigenvalue weighted by Gasteiger charge is 2.03. The van der Waals surface area contributed by atoms with E-state index in [1.165, 1.54) is 0 Å². The third-order valence-corrected chi connectivity index (χ3v) is 2.40. The number of phenolic OH excluding ortho intramolecular Hbond substituents is 1. The van der Waals surface area contributed by atoms with Crippen molar-refractivity contribution in [3.05, 3.63) is 29.3 Å². The van der Waals surface area contributed by atoms with Crippen molar-refractivity contribution in [3.63, 3.8) is 0 Å². The lowest BCUT2D eigenvalue weighted by Crippen LogP contribution is -2.25. The van der Waals surface area contributed by atoms with Crippen LogP contribution >= 0.6 is 0 Å². The maximum atomic E-state index is 9.55. The first kappa shape index (κ1) is 12.0. The summed E-state index contributed by atoms with van der Waals surface area (Å²) in [4.78, 5) is 0. The van der Waals surface area contributed by atoms with Gasteiger partial charge in [-0.05, 0) is 19.4 Å². The van der Waals surface area contributed by atoms with E-state index in [0.29, 0.717) is 18.8 Å². The van der Waals surface area contributed by atoms with Gasteiger partial charge in [0.2, 0.25) is 0 Å². The first-order chi connectivity index (χ1) is 7.13. The summed E-state index contributed by atoms with van der Waals surface area (Å²) < 4.78 is 0. The van der Waals surface area contributed by atoms with Crippen molar-refractivity contribution in [2.45, 2.75) is 32.9 Å². The van der Waals surface area contributed by atoms with Gasteiger partial charge in [0.25, 0.3) is 0 Å². The number of nitrogens with one attached hydrogen (secondary N) is 1. The molecule has 1 rings (SSSR count). The van der Waals surface area contributed by atoms with Crippen LogP contribution in [0.2, 0.25) is 0 Å². The molecule has 84 valence electrons. The van der Waals surface area contributed by atoms with Crippen LogP contribution in [0.3, 0.4) is 0 Å². The van der Waals surface area contributed by atoms with E-state index in [9.17, 15) is 10.2 Å². The highest BCUT2D eigenvalue weighted by molar-refractivity contribution is 5.35. The summed E-state index contributed by atoms with van der Waals surface area (Å²) in [5, 5.41) is 22.0. The van der Waals surface area contributed by atoms with Crippen molar-refractivity contribution >= 4 is 0 Å². The fraction of sp³-hybridized carbons (Fsp3) is 0.500. The van der Waals surface area contributed by atoms with Gasteiger partial charge in [-0.1, -0.05) is 24.6 Å². The van der Waals surface area contributed by atoms with Crippen LogP contribution in [0.25, 0.3) is 0 Å². The standard InChI is InChI=1S/C12H19NO2/c1-3-11(14)8-13-7-10-6-9(2)4-5-12(10)15/h4-6,11,13-15H,3,7-8H2,1-2H3. The zero-order chi connectivity index (χ0) is 11.3. The number of aryl methyl sites for hydroxylation is 1. The van der Waals surface area contributed by atoms with E-state index in [2.05, 4.69) is 5.32 Å². The molecule has 0 aliphatic carbocycles. The minimum Gasteiger partial charge on any atom is -0.508 e. The highest BCUT2D eigenvalue weighted by Crippen LogP contribution is 2.17. The molecule has 15 heavy (non-hydrogen) atoms. The van der Waals surface area contributed by atoms with E-state index >= 15 is 0 Å². The Morgan fingerprint density at radius 2 is 2.13 bits per heavy atom. The van der Waals surface area contributed by atoms with E-state index in [-0.39, 0.29) is 6.10 Å². The van der Waals surface area contributed by atoms with Crippen LogP contribution in [-0.4, -0.2) is 22.9 Å². The topological polar surface area (TPSA) is 52.5 Å². The molecule has 3 nitrogen and oxygen atoms in total. The minimum atomic E-state index is -0.308. The van der Waals surface area contributed by atoms with Crippen LogP contribution < -0.4 is 5.32 Å². The summed E-state index contributed by atoms with van der Waals surface area (Å²) in [5.74, 6) is 0.305. The summed E-state index contributed by atoms with van der Waals surface area (Å²) in [5.41, 5.74) is 2.00. The molecule has 0 heterocycles. The lowest BCUT2D eigenvalue weighted by Gasteiger charge is -2.10. The maximum absolute atomic E-state index is 9.55. The molecular formula is C12H19NO2. The van der Waals surface area contributed by atoms with Crippen LogP contribution in [0.4, 0.5) is 0 Å². The van der Waals surface area contributed by atoms with E-state index < -0.39 is 0 Å². The van der Waals surface area contributed by atoms with Gasteiger partial charge >= 0.3 is 0 Å². The Kier molecular flexibility index (Phi) is 4.59. The summed E-state index contributed by atoms with van der Waals surface area (Å²) in [6.07, 6.45) is 0.434. The molecule has 3 heteroatoms. The number of aliphatic hydroxyl groups excluding tert-OH is 1. The second kappa shape index (κ2) is 5.73. The number of phenols is 1. The molecule has 0 aliphatic heterocycles. The van der Waals surface area contributed by atoms with E-state index in [4.69, 9.17) is 0 Å². The van der Waals surface area contributed by atoms with Crippen molar-refractivity contribution in [1.82, 2.24) is 5.32 Å². The molecule has 0 bridgehead atoms. The zero-order valence-electron chi connectivity index (χ0n) is 9.33. The largest absolute Gasteiger partial charge is 0.508 e. The zero-order valence-corrected chi connectivity index (χ0v) is 9.33. The quantitative estimate of drug-likeness (QED) is 0.690. The monoisotopic (exact) mass is 209 g/mol. The summed E-state index contributed by atoms with van der Waals surface area (Å²) >= 11 is 0. The molecule has 1 aromatic carbocycles. The van der Waals surface area contributed by atoms with Gasteiger partial charge in [-0.2, -0.15) is 0 Å². The second-order valence-corrected chi connectivity index (χ2v) is 3.83. The second-order valence-electron chi connectivity index (χ2n) is 3.83. The fourth-order valence-corrected chi connectivity index (χ4v) is 1.37. The lowest BCUT2D eigenvalue weighted by molar-refractivity contribution is 0.167. The predicted octanol–water partition coefficient (Wildman–Crippen LogP) is 1.56. The minimum absolute atomic E-state index is 0.305. The Labute approximate surface area is 90.8 Å². The SMILES string of the molecule is CCC(O)CNCc1cc(C)ccc1O. The molecule has 1 unspecified atom stereocenters. The maximum Gasteiger partial charge on any atom is 0.120 e. The van der Waals surface area contributed by atoms with Gasteiger partial charge in [0.15, 0.2) is 0 Å². The Balaban J connectivity index is 2.46. The first-order valence-corrected chi connectivity index (χ1v) is 5.30. The molecule has 0 saturated heterocycles.